The molecule has 0 atom stereocenters. The van der Waals surface area contributed by atoms with Crippen LogP contribution in [0.4, 0.5) is 0 Å². The van der Waals surface area contributed by atoms with Gasteiger partial charge < -0.3 is 8.85 Å². The average Bonchev–Trinajstić information content (AvgIpc) is 1.78. The molecule has 0 saturated carbocycles. The predicted octanol–water partition coefficient (Wildman–Crippen LogP) is 3.67. The molecule has 0 amide bonds. The Morgan fingerprint density at radius 1 is 0.714 bits per heavy atom. The van der Waals surface area contributed by atoms with Gasteiger partial charge in [0.25, 0.3) is 0 Å². The van der Waals surface area contributed by atoms with Gasteiger partial charge in [0.05, 0.1) is 0 Å². The topological polar surface area (TPSA) is 18.5 Å². The van der Waals surface area contributed by atoms with Crippen LogP contribution in [0.15, 0.2) is 0 Å². The molecule has 0 aliphatic rings. The zero-order valence-corrected chi connectivity index (χ0v) is 13.0. The second-order valence-electron chi connectivity index (χ2n) is 6.07. The van der Waals surface area contributed by atoms with Gasteiger partial charge in [-0.2, -0.15) is 0 Å². The van der Waals surface area contributed by atoms with Gasteiger partial charge >= 0.3 is 0 Å². The fraction of sp³-hybridized carbons (Fsp3) is 1.00. The van der Waals surface area contributed by atoms with Crippen molar-refractivity contribution in [3.8, 4) is 0 Å². The third-order valence-corrected chi connectivity index (χ3v) is 3.36. The van der Waals surface area contributed by atoms with Crippen LogP contribution in [0.25, 0.3) is 0 Å². The van der Waals surface area contributed by atoms with E-state index in [1.54, 1.807) is 0 Å². The second kappa shape index (κ2) is 4.92. The Morgan fingerprint density at radius 2 is 1.00 bits per heavy atom. The lowest BCUT2D eigenvalue weighted by atomic mass is 10.2. The van der Waals surface area contributed by atoms with E-state index in [4.69, 9.17) is 8.85 Å². The zero-order valence-electron chi connectivity index (χ0n) is 11.0. The van der Waals surface area contributed by atoms with Gasteiger partial charge in [-0.05, 0) is 39.3 Å². The molecule has 0 radical (unpaired) electrons. The van der Waals surface area contributed by atoms with E-state index >= 15 is 0 Å². The maximum Gasteiger partial charge on any atom is 0.187 e. The first-order valence-electron chi connectivity index (χ1n) is 5.37. The predicted molar refractivity (Wildman–Crippen MR) is 67.5 cm³/mol. The highest BCUT2D eigenvalue weighted by atomic mass is 28.4. The Morgan fingerprint density at radius 3 is 1.14 bits per heavy atom. The molecule has 0 spiro atoms. The van der Waals surface area contributed by atoms with Crippen LogP contribution in [-0.4, -0.2) is 22.9 Å². The van der Waals surface area contributed by atoms with Crippen molar-refractivity contribution in [3.63, 3.8) is 0 Å². The maximum atomic E-state index is 6.03. The molecule has 0 saturated heterocycles. The van der Waals surface area contributed by atoms with E-state index in [1.165, 1.54) is 0 Å². The van der Waals surface area contributed by atoms with Gasteiger partial charge in [-0.15, -0.1) is 0 Å². The van der Waals surface area contributed by atoms with E-state index in [0.717, 1.165) is 0 Å². The van der Waals surface area contributed by atoms with Crippen molar-refractivity contribution >= 4 is 16.6 Å². The van der Waals surface area contributed by atoms with Crippen molar-refractivity contribution < 1.29 is 8.85 Å². The molecule has 0 bridgehead atoms. The summed E-state index contributed by atoms with van der Waals surface area (Å²) in [6, 6.07) is 0. The lowest BCUT2D eigenvalue weighted by Crippen LogP contribution is -2.42. The highest BCUT2D eigenvalue weighted by Gasteiger charge is 2.28. The number of hydrogen-bond acceptors (Lipinski definition) is 2. The van der Waals surface area contributed by atoms with Gasteiger partial charge in [-0.25, -0.2) is 0 Å². The fourth-order valence-corrected chi connectivity index (χ4v) is 3.12. The molecule has 0 aromatic carbocycles. The van der Waals surface area contributed by atoms with E-state index in [9.17, 15) is 0 Å². The van der Waals surface area contributed by atoms with E-state index in [-0.39, 0.29) is 6.29 Å². The van der Waals surface area contributed by atoms with Crippen molar-refractivity contribution in [1.82, 2.24) is 0 Å². The van der Waals surface area contributed by atoms with E-state index in [0.29, 0.717) is 5.92 Å². The summed E-state index contributed by atoms with van der Waals surface area (Å²) in [5.74, 6) is 0.438. The zero-order chi connectivity index (χ0) is 11.6. The summed E-state index contributed by atoms with van der Waals surface area (Å²) in [4.78, 5) is 0. The SMILES string of the molecule is CC(C)C(O[Si](C)(C)C)O[Si](C)(C)C. The van der Waals surface area contributed by atoms with Crippen molar-refractivity contribution in [2.45, 2.75) is 59.4 Å². The van der Waals surface area contributed by atoms with E-state index in [1.807, 2.05) is 0 Å². The van der Waals surface area contributed by atoms with Gasteiger partial charge in [0.1, 0.15) is 6.29 Å². The molecule has 0 aromatic heterocycles. The number of rotatable bonds is 5. The molecule has 2 nitrogen and oxygen atoms in total. The summed E-state index contributed by atoms with van der Waals surface area (Å²) in [7, 11) is -2.97. The molecule has 0 rings (SSSR count). The van der Waals surface area contributed by atoms with Crippen LogP contribution < -0.4 is 0 Å². The smallest absolute Gasteiger partial charge is 0.187 e. The minimum absolute atomic E-state index is 0.00617. The van der Waals surface area contributed by atoms with Crippen LogP contribution in [-0.2, 0) is 8.85 Å². The molecule has 0 aromatic rings. The Balaban J connectivity index is 4.32. The minimum atomic E-state index is -1.49. The van der Waals surface area contributed by atoms with Crippen molar-refractivity contribution in [2.24, 2.45) is 5.92 Å². The molecule has 0 unspecified atom stereocenters. The minimum Gasteiger partial charge on any atom is -0.394 e. The van der Waals surface area contributed by atoms with Gasteiger partial charge in [-0.3, -0.25) is 0 Å². The molecule has 0 fully saturated rings. The van der Waals surface area contributed by atoms with E-state index < -0.39 is 16.6 Å². The van der Waals surface area contributed by atoms with Crippen LogP contribution in [0.3, 0.4) is 0 Å². The van der Waals surface area contributed by atoms with Gasteiger partial charge in [0.15, 0.2) is 16.6 Å². The molecule has 14 heavy (non-hydrogen) atoms. The first-order valence-corrected chi connectivity index (χ1v) is 12.2. The van der Waals surface area contributed by atoms with Crippen LogP contribution in [0, 0.1) is 5.92 Å². The highest BCUT2D eigenvalue weighted by molar-refractivity contribution is 6.70. The van der Waals surface area contributed by atoms with Gasteiger partial charge in [-0.1, -0.05) is 13.8 Å². The second-order valence-corrected chi connectivity index (χ2v) is 15.0. The quantitative estimate of drug-likeness (QED) is 0.534. The van der Waals surface area contributed by atoms with Gasteiger partial charge in [0, 0.05) is 5.92 Å². The van der Waals surface area contributed by atoms with E-state index in [2.05, 4.69) is 53.1 Å². The standard InChI is InChI=1S/C10H26O2Si2/c1-9(2)10(11-13(3,4)5)12-14(6,7)8/h9-10H,1-8H3. The highest BCUT2D eigenvalue weighted by Crippen LogP contribution is 2.19. The monoisotopic (exact) mass is 234 g/mol. The Kier molecular flexibility index (Phi) is 5.04. The molecule has 4 heteroatoms. The molecule has 0 aliphatic heterocycles. The van der Waals surface area contributed by atoms with Crippen LogP contribution in [0.5, 0.6) is 0 Å². The maximum absolute atomic E-state index is 6.03. The van der Waals surface area contributed by atoms with Crippen molar-refractivity contribution in [2.75, 3.05) is 0 Å². The van der Waals surface area contributed by atoms with Crippen LogP contribution in [0.1, 0.15) is 13.8 Å². The summed E-state index contributed by atoms with van der Waals surface area (Å²) in [6.45, 7) is 17.5. The Labute approximate surface area is 91.3 Å². The molecular weight excluding hydrogens is 208 g/mol. The summed E-state index contributed by atoms with van der Waals surface area (Å²) < 4.78 is 12.1. The van der Waals surface area contributed by atoms with Crippen LogP contribution >= 0.6 is 0 Å². The summed E-state index contributed by atoms with van der Waals surface area (Å²) in [5.41, 5.74) is 0. The van der Waals surface area contributed by atoms with Crippen molar-refractivity contribution in [3.05, 3.63) is 0 Å². The third kappa shape index (κ3) is 7.73. The molecule has 0 heterocycles. The lowest BCUT2D eigenvalue weighted by Gasteiger charge is -2.33. The largest absolute Gasteiger partial charge is 0.394 e. The Hall–Kier alpha value is 0.354. The summed E-state index contributed by atoms with van der Waals surface area (Å²) in [5, 5.41) is 0. The first-order chi connectivity index (χ1) is 6.01. The fourth-order valence-electron chi connectivity index (χ4n) is 0.993. The van der Waals surface area contributed by atoms with Crippen molar-refractivity contribution in [1.29, 1.82) is 0 Å². The first kappa shape index (κ1) is 14.4. The Bertz CT molecular complexity index is 152. The molecular formula is C10H26O2Si2. The van der Waals surface area contributed by atoms with Crippen LogP contribution in [0.2, 0.25) is 39.3 Å². The summed E-state index contributed by atoms with van der Waals surface area (Å²) >= 11 is 0. The number of hydrogen-bond donors (Lipinski definition) is 0. The normalized spacial score (nSPS) is 14.1. The molecule has 86 valence electrons. The molecule has 0 N–H and O–H groups in total. The summed E-state index contributed by atoms with van der Waals surface area (Å²) in [6.07, 6.45) is -0.00617. The third-order valence-electron chi connectivity index (χ3n) is 1.48. The molecule has 0 aliphatic carbocycles. The van der Waals surface area contributed by atoms with Gasteiger partial charge in [0.2, 0.25) is 0 Å². The average molecular weight is 234 g/mol. The lowest BCUT2D eigenvalue weighted by molar-refractivity contribution is -0.0424.